The molecule has 0 bridgehead atoms. The highest BCUT2D eigenvalue weighted by atomic mass is 16.2. The Morgan fingerprint density at radius 2 is 1.61 bits per heavy atom. The number of benzene rings is 1. The largest absolute Gasteiger partial charge is 0.351 e. The van der Waals surface area contributed by atoms with E-state index in [1.54, 1.807) is 18.2 Å². The number of anilines is 1. The van der Waals surface area contributed by atoms with Crippen molar-refractivity contribution in [3.8, 4) is 0 Å². The first-order valence-electron chi connectivity index (χ1n) is 9.49. The summed E-state index contributed by atoms with van der Waals surface area (Å²) in [7, 11) is 3.98. The molecule has 6 nitrogen and oxygen atoms in total. The number of hydrogen-bond donors (Lipinski definition) is 2. The van der Waals surface area contributed by atoms with Gasteiger partial charge in [0.1, 0.15) is 11.4 Å². The summed E-state index contributed by atoms with van der Waals surface area (Å²) in [5.74, 6) is -0.609. The van der Waals surface area contributed by atoms with Crippen LogP contribution in [-0.4, -0.2) is 48.9 Å². The van der Waals surface area contributed by atoms with Gasteiger partial charge >= 0.3 is 0 Å². The Bertz CT molecular complexity index is 825. The van der Waals surface area contributed by atoms with Crippen LogP contribution >= 0.6 is 0 Å². The Morgan fingerprint density at radius 1 is 0.964 bits per heavy atom. The molecule has 1 heterocycles. The number of pyridine rings is 1. The number of carbonyl (C=O) groups excluding carboxylic acids is 2. The third kappa shape index (κ3) is 6.16. The highest BCUT2D eigenvalue weighted by molar-refractivity contribution is 6.04. The van der Waals surface area contributed by atoms with Crippen LogP contribution in [0.2, 0.25) is 0 Å². The van der Waals surface area contributed by atoms with Crippen LogP contribution in [0.25, 0.3) is 0 Å². The van der Waals surface area contributed by atoms with Gasteiger partial charge in [0, 0.05) is 12.2 Å². The number of aromatic nitrogens is 1. The van der Waals surface area contributed by atoms with Crippen LogP contribution < -0.4 is 10.6 Å². The van der Waals surface area contributed by atoms with Gasteiger partial charge in [-0.25, -0.2) is 4.98 Å². The third-order valence-electron chi connectivity index (χ3n) is 4.27. The lowest BCUT2D eigenvalue weighted by Crippen LogP contribution is -2.28. The maximum absolute atomic E-state index is 12.7. The van der Waals surface area contributed by atoms with Crippen LogP contribution in [0.5, 0.6) is 0 Å². The summed E-state index contributed by atoms with van der Waals surface area (Å²) in [6, 6.07) is 12.6. The quantitative estimate of drug-likeness (QED) is 0.721. The van der Waals surface area contributed by atoms with Crippen molar-refractivity contribution in [3.63, 3.8) is 0 Å². The minimum atomic E-state index is -0.334. The molecule has 2 amide bonds. The zero-order chi connectivity index (χ0) is 20.7. The molecule has 0 unspecified atom stereocenters. The van der Waals surface area contributed by atoms with Gasteiger partial charge in [0.05, 0.1) is 0 Å². The number of hydrogen-bond acceptors (Lipinski definition) is 4. The first-order chi connectivity index (χ1) is 13.2. The molecule has 0 saturated heterocycles. The molecule has 0 atom stereocenters. The first kappa shape index (κ1) is 21.6. The van der Waals surface area contributed by atoms with Crippen molar-refractivity contribution in [2.75, 3.05) is 32.5 Å². The summed E-state index contributed by atoms with van der Waals surface area (Å²) < 4.78 is 0. The fourth-order valence-corrected chi connectivity index (χ4v) is 2.81. The molecule has 2 rings (SSSR count). The van der Waals surface area contributed by atoms with E-state index in [0.29, 0.717) is 6.54 Å². The fourth-order valence-electron chi connectivity index (χ4n) is 2.81. The minimum Gasteiger partial charge on any atom is -0.351 e. The molecule has 0 fully saturated rings. The van der Waals surface area contributed by atoms with Gasteiger partial charge < -0.3 is 15.5 Å². The maximum Gasteiger partial charge on any atom is 0.274 e. The van der Waals surface area contributed by atoms with Gasteiger partial charge in [-0.2, -0.15) is 0 Å². The summed E-state index contributed by atoms with van der Waals surface area (Å²) in [5, 5.41) is 5.76. The average Bonchev–Trinajstić information content (AvgIpc) is 2.64. The van der Waals surface area contributed by atoms with Gasteiger partial charge in [0.25, 0.3) is 11.8 Å². The molecule has 0 aliphatic heterocycles. The maximum atomic E-state index is 12.7. The van der Waals surface area contributed by atoms with Crippen LogP contribution in [0.3, 0.4) is 0 Å². The number of rotatable bonds is 7. The third-order valence-corrected chi connectivity index (χ3v) is 4.27. The number of nitrogens with one attached hydrogen (secondary N) is 2. The first-order valence-corrected chi connectivity index (χ1v) is 9.49. The average molecular weight is 383 g/mol. The highest BCUT2D eigenvalue weighted by Gasteiger charge is 2.19. The van der Waals surface area contributed by atoms with E-state index in [9.17, 15) is 9.59 Å². The summed E-state index contributed by atoms with van der Waals surface area (Å²) in [6.45, 7) is 7.74. The zero-order valence-corrected chi connectivity index (χ0v) is 17.4. The second-order valence-electron chi connectivity index (χ2n) is 8.07. The van der Waals surface area contributed by atoms with Crippen LogP contribution in [0, 0.1) is 0 Å². The van der Waals surface area contributed by atoms with Crippen molar-refractivity contribution >= 4 is 17.5 Å². The van der Waals surface area contributed by atoms with Crippen LogP contribution in [-0.2, 0) is 5.41 Å². The van der Waals surface area contributed by atoms with Crippen molar-refractivity contribution in [1.29, 1.82) is 0 Å². The summed E-state index contributed by atoms with van der Waals surface area (Å²) in [5.41, 5.74) is 2.13. The standard InChI is InChI=1S/C22H30N4O2/c1-22(2,3)16-10-6-7-11-17(16)25-21(28)19-13-8-12-18(24-19)20(27)23-14-9-15-26(4)5/h6-8,10-13H,9,14-15H2,1-5H3,(H,23,27)(H,25,28). The van der Waals surface area contributed by atoms with E-state index >= 15 is 0 Å². The van der Waals surface area contributed by atoms with E-state index in [0.717, 1.165) is 24.2 Å². The Hall–Kier alpha value is -2.73. The molecule has 6 heteroatoms. The van der Waals surface area contributed by atoms with E-state index in [2.05, 4.69) is 41.3 Å². The lowest BCUT2D eigenvalue weighted by molar-refractivity contribution is 0.0947. The van der Waals surface area contributed by atoms with E-state index in [1.165, 1.54) is 0 Å². The molecule has 1 aromatic heterocycles. The Labute approximate surface area is 167 Å². The Morgan fingerprint density at radius 3 is 2.25 bits per heavy atom. The van der Waals surface area contributed by atoms with E-state index < -0.39 is 0 Å². The van der Waals surface area contributed by atoms with E-state index in [4.69, 9.17) is 0 Å². The second-order valence-corrected chi connectivity index (χ2v) is 8.07. The molecule has 1 aromatic carbocycles. The van der Waals surface area contributed by atoms with Crippen molar-refractivity contribution < 1.29 is 9.59 Å². The molecule has 0 radical (unpaired) electrons. The molecular formula is C22H30N4O2. The molecule has 2 N–H and O–H groups in total. The van der Waals surface area contributed by atoms with Crippen molar-refractivity contribution in [2.45, 2.75) is 32.6 Å². The van der Waals surface area contributed by atoms with Gasteiger partial charge in [-0.05, 0) is 56.2 Å². The molecule has 0 aliphatic carbocycles. The number of nitrogens with zero attached hydrogens (tertiary/aromatic N) is 2. The predicted octanol–water partition coefficient (Wildman–Crippen LogP) is 3.31. The second kappa shape index (κ2) is 9.46. The number of carbonyl (C=O) groups is 2. The van der Waals surface area contributed by atoms with Crippen molar-refractivity contribution in [2.24, 2.45) is 0 Å². The van der Waals surface area contributed by atoms with Gasteiger partial charge in [-0.1, -0.05) is 45.0 Å². The molecule has 0 aliphatic rings. The van der Waals surface area contributed by atoms with Crippen LogP contribution in [0.1, 0.15) is 53.7 Å². The molecule has 150 valence electrons. The van der Waals surface area contributed by atoms with Crippen molar-refractivity contribution in [1.82, 2.24) is 15.2 Å². The summed E-state index contributed by atoms with van der Waals surface area (Å²) in [6.07, 6.45) is 0.850. The van der Waals surface area contributed by atoms with Gasteiger partial charge in [-0.3, -0.25) is 9.59 Å². The molecular weight excluding hydrogens is 352 g/mol. The minimum absolute atomic E-state index is 0.106. The van der Waals surface area contributed by atoms with Gasteiger partial charge in [0.15, 0.2) is 0 Å². The topological polar surface area (TPSA) is 74.3 Å². The SMILES string of the molecule is CN(C)CCCNC(=O)c1cccc(C(=O)Nc2ccccc2C(C)(C)C)n1. The number of amides is 2. The summed E-state index contributed by atoms with van der Waals surface area (Å²) >= 11 is 0. The fraction of sp³-hybridized carbons (Fsp3) is 0.409. The Balaban J connectivity index is 2.08. The smallest absolute Gasteiger partial charge is 0.274 e. The Kier molecular flexibility index (Phi) is 7.29. The monoisotopic (exact) mass is 382 g/mol. The highest BCUT2D eigenvalue weighted by Crippen LogP contribution is 2.29. The number of para-hydroxylation sites is 1. The lowest BCUT2D eigenvalue weighted by atomic mass is 9.86. The van der Waals surface area contributed by atoms with Gasteiger partial charge in [0.2, 0.25) is 0 Å². The van der Waals surface area contributed by atoms with Crippen molar-refractivity contribution in [3.05, 3.63) is 59.4 Å². The zero-order valence-electron chi connectivity index (χ0n) is 17.4. The predicted molar refractivity (Wildman–Crippen MR) is 113 cm³/mol. The normalized spacial score (nSPS) is 11.4. The van der Waals surface area contributed by atoms with E-state index in [-0.39, 0.29) is 28.6 Å². The summed E-state index contributed by atoms with van der Waals surface area (Å²) in [4.78, 5) is 31.3. The molecule has 0 spiro atoms. The van der Waals surface area contributed by atoms with E-state index in [1.807, 2.05) is 38.4 Å². The molecule has 0 saturated carbocycles. The lowest BCUT2D eigenvalue weighted by Gasteiger charge is -2.22. The molecule has 2 aromatic rings. The molecule has 28 heavy (non-hydrogen) atoms. The van der Waals surface area contributed by atoms with Crippen LogP contribution in [0.4, 0.5) is 5.69 Å². The van der Waals surface area contributed by atoms with Crippen LogP contribution in [0.15, 0.2) is 42.5 Å². The van der Waals surface area contributed by atoms with Gasteiger partial charge in [-0.15, -0.1) is 0 Å².